The molecule has 88 valence electrons. The van der Waals surface area contributed by atoms with Crippen LogP contribution in [0.4, 0.5) is 0 Å². The van der Waals surface area contributed by atoms with Gasteiger partial charge >= 0.3 is 0 Å². The number of H-pyrrole nitrogens is 2. The van der Waals surface area contributed by atoms with Crippen molar-refractivity contribution in [1.82, 2.24) is 14.9 Å². The standard InChI is InChI=1S/C9H8N4O2S2/c14-6-2-1-5(3-7(6)15)4-10-13-8(16)11-12-9(13)17/h1-4,14-15H,(H,11,16)(H,12,17)/b10-4+. The number of aromatic amines is 2. The Morgan fingerprint density at radius 3 is 2.35 bits per heavy atom. The highest BCUT2D eigenvalue weighted by Crippen LogP contribution is 2.23. The molecule has 0 amide bonds. The zero-order chi connectivity index (χ0) is 12.4. The van der Waals surface area contributed by atoms with E-state index in [9.17, 15) is 5.11 Å². The Morgan fingerprint density at radius 2 is 1.76 bits per heavy atom. The van der Waals surface area contributed by atoms with E-state index < -0.39 is 0 Å². The van der Waals surface area contributed by atoms with Crippen molar-refractivity contribution in [1.29, 1.82) is 0 Å². The monoisotopic (exact) mass is 268 g/mol. The van der Waals surface area contributed by atoms with Crippen LogP contribution in [0.15, 0.2) is 23.3 Å². The average molecular weight is 268 g/mol. The lowest BCUT2D eigenvalue weighted by Crippen LogP contribution is -1.90. The zero-order valence-corrected chi connectivity index (χ0v) is 10.0. The van der Waals surface area contributed by atoms with Crippen molar-refractivity contribution in [3.05, 3.63) is 33.3 Å². The maximum Gasteiger partial charge on any atom is 0.215 e. The average Bonchev–Trinajstić information content (AvgIpc) is 2.61. The van der Waals surface area contributed by atoms with Crippen molar-refractivity contribution < 1.29 is 10.2 Å². The van der Waals surface area contributed by atoms with Crippen LogP contribution in [0.25, 0.3) is 0 Å². The number of nitrogens with zero attached hydrogens (tertiary/aromatic N) is 2. The predicted molar refractivity (Wildman–Crippen MR) is 67.6 cm³/mol. The van der Waals surface area contributed by atoms with Crippen molar-refractivity contribution in [2.24, 2.45) is 5.10 Å². The van der Waals surface area contributed by atoms with Gasteiger partial charge in [-0.2, -0.15) is 9.78 Å². The molecule has 6 nitrogen and oxygen atoms in total. The molecule has 0 bridgehead atoms. The Hall–Kier alpha value is -1.93. The fourth-order valence-corrected chi connectivity index (χ4v) is 1.59. The molecule has 2 aromatic rings. The van der Waals surface area contributed by atoms with Crippen LogP contribution in [0.2, 0.25) is 0 Å². The Labute approximate surface area is 106 Å². The molecule has 1 aromatic heterocycles. The predicted octanol–water partition coefficient (Wildman–Crippen LogP) is 1.90. The van der Waals surface area contributed by atoms with Gasteiger partial charge in [0, 0.05) is 0 Å². The summed E-state index contributed by atoms with van der Waals surface area (Å²) in [6, 6.07) is 4.34. The minimum atomic E-state index is -0.211. The van der Waals surface area contributed by atoms with Crippen LogP contribution in [0.5, 0.6) is 11.5 Å². The number of hydrogen-bond donors (Lipinski definition) is 4. The lowest BCUT2D eigenvalue weighted by Gasteiger charge is -1.97. The van der Waals surface area contributed by atoms with Gasteiger partial charge < -0.3 is 10.2 Å². The van der Waals surface area contributed by atoms with Gasteiger partial charge in [-0.25, -0.2) is 0 Å². The van der Waals surface area contributed by atoms with Crippen LogP contribution in [-0.2, 0) is 0 Å². The number of aromatic hydroxyl groups is 2. The maximum atomic E-state index is 9.29. The van der Waals surface area contributed by atoms with Gasteiger partial charge in [0.1, 0.15) is 0 Å². The van der Waals surface area contributed by atoms with Crippen molar-refractivity contribution >= 4 is 30.7 Å². The van der Waals surface area contributed by atoms with Crippen molar-refractivity contribution in [3.63, 3.8) is 0 Å². The second-order valence-electron chi connectivity index (χ2n) is 3.16. The van der Waals surface area contributed by atoms with Gasteiger partial charge in [-0.05, 0) is 48.2 Å². The normalized spacial score (nSPS) is 11.1. The number of hydrogen-bond acceptors (Lipinski definition) is 5. The lowest BCUT2D eigenvalue weighted by molar-refractivity contribution is 0.403. The van der Waals surface area contributed by atoms with E-state index in [0.29, 0.717) is 15.1 Å². The molecule has 0 saturated heterocycles. The first-order valence-electron chi connectivity index (χ1n) is 4.54. The van der Waals surface area contributed by atoms with E-state index in [2.05, 4.69) is 15.3 Å². The fraction of sp³-hybridized carbons (Fsp3) is 0. The molecule has 0 aliphatic heterocycles. The third-order valence-electron chi connectivity index (χ3n) is 1.98. The smallest absolute Gasteiger partial charge is 0.215 e. The van der Waals surface area contributed by atoms with Gasteiger partial charge in [-0.15, -0.1) is 0 Å². The molecule has 1 aromatic carbocycles. The molecule has 0 atom stereocenters. The first kappa shape index (κ1) is 11.6. The Morgan fingerprint density at radius 1 is 1.12 bits per heavy atom. The summed E-state index contributed by atoms with van der Waals surface area (Å²) in [4.78, 5) is 0. The molecule has 4 N–H and O–H groups in total. The van der Waals surface area contributed by atoms with Crippen molar-refractivity contribution in [2.45, 2.75) is 0 Å². The molecular formula is C9H8N4O2S2. The molecular weight excluding hydrogens is 260 g/mol. The fourth-order valence-electron chi connectivity index (χ4n) is 1.16. The summed E-state index contributed by atoms with van der Waals surface area (Å²) in [5.41, 5.74) is 0.609. The van der Waals surface area contributed by atoms with Crippen LogP contribution in [-0.4, -0.2) is 31.3 Å². The molecule has 0 saturated carbocycles. The quantitative estimate of drug-likeness (QED) is 0.380. The minimum Gasteiger partial charge on any atom is -0.504 e. The van der Waals surface area contributed by atoms with Gasteiger partial charge in [0.25, 0.3) is 0 Å². The van der Waals surface area contributed by atoms with Gasteiger partial charge in [-0.3, -0.25) is 10.2 Å². The number of phenols is 2. The van der Waals surface area contributed by atoms with Gasteiger partial charge in [0.05, 0.1) is 6.21 Å². The molecule has 0 aliphatic carbocycles. The number of nitrogens with one attached hydrogen (secondary N) is 2. The molecule has 1 heterocycles. The number of benzene rings is 1. The van der Waals surface area contributed by atoms with Crippen LogP contribution >= 0.6 is 24.4 Å². The van der Waals surface area contributed by atoms with Crippen LogP contribution < -0.4 is 0 Å². The highest BCUT2D eigenvalue weighted by Gasteiger charge is 1.99. The van der Waals surface area contributed by atoms with Crippen molar-refractivity contribution in [3.8, 4) is 11.5 Å². The highest BCUT2D eigenvalue weighted by atomic mass is 32.1. The molecule has 17 heavy (non-hydrogen) atoms. The summed E-state index contributed by atoms with van der Waals surface area (Å²) in [5.74, 6) is -0.394. The number of aromatic nitrogens is 3. The molecule has 0 aliphatic rings. The number of phenolic OH excluding ortho intramolecular Hbond substituents is 2. The highest BCUT2D eigenvalue weighted by molar-refractivity contribution is 7.72. The SMILES string of the molecule is Oc1ccc(/C=N/n2c(=S)[nH][nH]c2=S)cc1O. The third kappa shape index (κ3) is 2.43. The summed E-state index contributed by atoms with van der Waals surface area (Å²) in [6.07, 6.45) is 1.46. The molecule has 2 rings (SSSR count). The van der Waals surface area contributed by atoms with Crippen LogP contribution in [0, 0.1) is 9.54 Å². The van der Waals surface area contributed by atoms with Crippen LogP contribution in [0.1, 0.15) is 5.56 Å². The van der Waals surface area contributed by atoms with E-state index in [-0.39, 0.29) is 11.5 Å². The second-order valence-corrected chi connectivity index (χ2v) is 3.94. The third-order valence-corrected chi connectivity index (χ3v) is 2.53. The Balaban J connectivity index is 2.36. The Bertz CT molecular complexity index is 655. The van der Waals surface area contributed by atoms with Gasteiger partial charge in [0.2, 0.25) is 9.54 Å². The molecule has 0 fully saturated rings. The van der Waals surface area contributed by atoms with E-state index in [1.807, 2.05) is 0 Å². The zero-order valence-electron chi connectivity index (χ0n) is 8.41. The maximum absolute atomic E-state index is 9.29. The second kappa shape index (κ2) is 4.52. The summed E-state index contributed by atoms with van der Waals surface area (Å²) in [6.45, 7) is 0. The largest absolute Gasteiger partial charge is 0.504 e. The summed E-state index contributed by atoms with van der Waals surface area (Å²) in [7, 11) is 0. The molecule has 0 radical (unpaired) electrons. The lowest BCUT2D eigenvalue weighted by atomic mass is 10.2. The molecule has 0 spiro atoms. The van der Waals surface area contributed by atoms with Gasteiger partial charge in [0.15, 0.2) is 11.5 Å². The minimum absolute atomic E-state index is 0.183. The van der Waals surface area contributed by atoms with E-state index >= 15 is 0 Å². The van der Waals surface area contributed by atoms with E-state index in [0.717, 1.165) is 0 Å². The van der Waals surface area contributed by atoms with E-state index in [4.69, 9.17) is 29.5 Å². The number of rotatable bonds is 2. The van der Waals surface area contributed by atoms with Crippen LogP contribution in [0.3, 0.4) is 0 Å². The topological polar surface area (TPSA) is 89.3 Å². The van der Waals surface area contributed by atoms with E-state index in [1.165, 1.54) is 23.0 Å². The summed E-state index contributed by atoms with van der Waals surface area (Å²) >= 11 is 9.88. The molecule has 0 unspecified atom stereocenters. The first-order valence-corrected chi connectivity index (χ1v) is 5.35. The summed E-state index contributed by atoms with van der Waals surface area (Å²) < 4.78 is 2.01. The molecule has 8 heteroatoms. The summed E-state index contributed by atoms with van der Waals surface area (Å²) in [5, 5.41) is 27.7. The first-order chi connectivity index (χ1) is 8.08. The Kier molecular flexibility index (Phi) is 3.07. The van der Waals surface area contributed by atoms with Crippen molar-refractivity contribution in [2.75, 3.05) is 0 Å². The van der Waals surface area contributed by atoms with Gasteiger partial charge in [-0.1, -0.05) is 0 Å². The van der Waals surface area contributed by atoms with E-state index in [1.54, 1.807) is 6.07 Å².